The Balaban J connectivity index is 2.29. The molecule has 0 aromatic carbocycles. The minimum atomic E-state index is -0.302. The van der Waals surface area contributed by atoms with Crippen molar-refractivity contribution < 1.29 is 4.79 Å². The summed E-state index contributed by atoms with van der Waals surface area (Å²) in [7, 11) is 0. The van der Waals surface area contributed by atoms with Crippen molar-refractivity contribution in [3.63, 3.8) is 0 Å². The lowest BCUT2D eigenvalue weighted by atomic mass is 9.75. The maximum Gasteiger partial charge on any atom is 0.224 e. The first-order valence-electron chi connectivity index (χ1n) is 4.87. The standard InChI is InChI=1S/C10H16N2O/c1-3-9(6-11)12-10(13)8-4-7(2)5-8/h7-9H,3-5H2,1-2H3,(H,12,13). The second kappa shape index (κ2) is 4.27. The van der Waals surface area contributed by atoms with Crippen LogP contribution in [-0.2, 0) is 4.79 Å². The van der Waals surface area contributed by atoms with E-state index >= 15 is 0 Å². The third kappa shape index (κ3) is 2.45. The first-order chi connectivity index (χ1) is 6.17. The summed E-state index contributed by atoms with van der Waals surface area (Å²) in [6.45, 7) is 4.04. The summed E-state index contributed by atoms with van der Waals surface area (Å²) in [4.78, 5) is 11.4. The predicted molar refractivity (Wildman–Crippen MR) is 49.7 cm³/mol. The number of nitrogens with one attached hydrogen (secondary N) is 1. The maximum atomic E-state index is 11.4. The second-order valence-corrected chi connectivity index (χ2v) is 3.87. The molecule has 3 heteroatoms. The largest absolute Gasteiger partial charge is 0.340 e. The highest BCUT2D eigenvalue weighted by Gasteiger charge is 2.31. The van der Waals surface area contributed by atoms with Crippen molar-refractivity contribution in [2.75, 3.05) is 0 Å². The van der Waals surface area contributed by atoms with Crippen LogP contribution in [0.3, 0.4) is 0 Å². The molecule has 0 aromatic heterocycles. The Labute approximate surface area is 79.1 Å². The second-order valence-electron chi connectivity index (χ2n) is 3.87. The highest BCUT2D eigenvalue weighted by atomic mass is 16.2. The zero-order valence-electron chi connectivity index (χ0n) is 8.21. The average molecular weight is 180 g/mol. The predicted octanol–water partition coefficient (Wildman–Crippen LogP) is 1.45. The van der Waals surface area contributed by atoms with E-state index in [1.54, 1.807) is 0 Å². The Morgan fingerprint density at radius 3 is 2.69 bits per heavy atom. The molecule has 1 aliphatic rings. The molecular weight excluding hydrogens is 164 g/mol. The highest BCUT2D eigenvalue weighted by Crippen LogP contribution is 2.32. The molecule has 0 radical (unpaired) electrons. The van der Waals surface area contributed by atoms with Gasteiger partial charge in [0.25, 0.3) is 0 Å². The number of amides is 1. The average Bonchev–Trinajstić information content (AvgIpc) is 2.08. The quantitative estimate of drug-likeness (QED) is 0.714. The number of rotatable bonds is 3. The van der Waals surface area contributed by atoms with Crippen molar-refractivity contribution in [3.8, 4) is 6.07 Å². The van der Waals surface area contributed by atoms with E-state index in [9.17, 15) is 4.79 Å². The van der Waals surface area contributed by atoms with Crippen molar-refractivity contribution >= 4 is 5.91 Å². The summed E-state index contributed by atoms with van der Waals surface area (Å²) < 4.78 is 0. The molecule has 0 bridgehead atoms. The lowest BCUT2D eigenvalue weighted by molar-refractivity contribution is -0.129. The molecule has 0 heterocycles. The summed E-state index contributed by atoms with van der Waals surface area (Å²) >= 11 is 0. The van der Waals surface area contributed by atoms with E-state index < -0.39 is 0 Å². The fraction of sp³-hybridized carbons (Fsp3) is 0.800. The van der Waals surface area contributed by atoms with Gasteiger partial charge in [0.15, 0.2) is 0 Å². The van der Waals surface area contributed by atoms with Crippen LogP contribution in [0, 0.1) is 23.2 Å². The SMILES string of the molecule is CCC(C#N)NC(=O)C1CC(C)C1. The van der Waals surface area contributed by atoms with Gasteiger partial charge in [0.1, 0.15) is 6.04 Å². The molecule has 1 N–H and O–H groups in total. The molecule has 72 valence electrons. The number of nitriles is 1. The minimum absolute atomic E-state index is 0.0616. The van der Waals surface area contributed by atoms with Crippen molar-refractivity contribution in [1.29, 1.82) is 5.26 Å². The van der Waals surface area contributed by atoms with Gasteiger partial charge in [0.2, 0.25) is 5.91 Å². The molecule has 1 saturated carbocycles. The smallest absolute Gasteiger partial charge is 0.224 e. The molecule has 1 aliphatic carbocycles. The molecule has 0 spiro atoms. The van der Waals surface area contributed by atoms with Gasteiger partial charge in [-0.25, -0.2) is 0 Å². The normalized spacial score (nSPS) is 28.4. The number of hydrogen-bond acceptors (Lipinski definition) is 2. The van der Waals surface area contributed by atoms with Gasteiger partial charge in [-0.05, 0) is 25.2 Å². The van der Waals surface area contributed by atoms with Gasteiger partial charge >= 0.3 is 0 Å². The van der Waals surface area contributed by atoms with Crippen molar-refractivity contribution in [2.24, 2.45) is 11.8 Å². The van der Waals surface area contributed by atoms with Crippen molar-refractivity contribution in [1.82, 2.24) is 5.32 Å². The molecular formula is C10H16N2O. The van der Waals surface area contributed by atoms with Gasteiger partial charge in [-0.1, -0.05) is 13.8 Å². The Kier molecular flexibility index (Phi) is 3.30. The van der Waals surface area contributed by atoms with E-state index in [1.165, 1.54) is 0 Å². The summed E-state index contributed by atoms with van der Waals surface area (Å²) in [5.41, 5.74) is 0. The number of carbonyl (C=O) groups is 1. The lowest BCUT2D eigenvalue weighted by Crippen LogP contribution is -2.42. The highest BCUT2D eigenvalue weighted by molar-refractivity contribution is 5.80. The van der Waals surface area contributed by atoms with Gasteiger partial charge < -0.3 is 5.32 Å². The van der Waals surface area contributed by atoms with Crippen LogP contribution in [0.15, 0.2) is 0 Å². The van der Waals surface area contributed by atoms with E-state index in [1.807, 2.05) is 6.92 Å². The van der Waals surface area contributed by atoms with Crippen LogP contribution in [0.4, 0.5) is 0 Å². The summed E-state index contributed by atoms with van der Waals surface area (Å²) in [6.07, 6.45) is 2.64. The molecule has 3 nitrogen and oxygen atoms in total. The molecule has 0 saturated heterocycles. The zero-order chi connectivity index (χ0) is 9.84. The summed E-state index contributed by atoms with van der Waals surface area (Å²) in [6, 6.07) is 1.76. The Bertz CT molecular complexity index is 226. The van der Waals surface area contributed by atoms with Crippen molar-refractivity contribution in [3.05, 3.63) is 0 Å². The van der Waals surface area contributed by atoms with E-state index in [-0.39, 0.29) is 17.9 Å². The van der Waals surface area contributed by atoms with Crippen LogP contribution in [0.25, 0.3) is 0 Å². The van der Waals surface area contributed by atoms with E-state index in [2.05, 4.69) is 18.3 Å². The van der Waals surface area contributed by atoms with Crippen LogP contribution in [0.2, 0.25) is 0 Å². The Morgan fingerprint density at radius 1 is 1.69 bits per heavy atom. The van der Waals surface area contributed by atoms with Gasteiger partial charge in [-0.2, -0.15) is 5.26 Å². The molecule has 1 amide bonds. The van der Waals surface area contributed by atoms with Crippen LogP contribution in [-0.4, -0.2) is 11.9 Å². The maximum absolute atomic E-state index is 11.4. The molecule has 0 aromatic rings. The molecule has 1 atom stereocenters. The fourth-order valence-corrected chi connectivity index (χ4v) is 1.63. The number of nitrogens with zero attached hydrogens (tertiary/aromatic N) is 1. The molecule has 13 heavy (non-hydrogen) atoms. The van der Waals surface area contributed by atoms with Crippen LogP contribution in [0.5, 0.6) is 0 Å². The molecule has 1 fully saturated rings. The van der Waals surface area contributed by atoms with Gasteiger partial charge in [0.05, 0.1) is 6.07 Å². The third-order valence-electron chi connectivity index (χ3n) is 2.63. The van der Waals surface area contributed by atoms with Crippen LogP contribution < -0.4 is 5.32 Å². The monoisotopic (exact) mass is 180 g/mol. The lowest BCUT2D eigenvalue weighted by Gasteiger charge is -2.31. The van der Waals surface area contributed by atoms with E-state index in [0.29, 0.717) is 12.3 Å². The van der Waals surface area contributed by atoms with E-state index in [4.69, 9.17) is 5.26 Å². The Hall–Kier alpha value is -1.04. The molecule has 1 unspecified atom stereocenters. The van der Waals surface area contributed by atoms with Crippen LogP contribution in [0.1, 0.15) is 33.1 Å². The zero-order valence-corrected chi connectivity index (χ0v) is 8.21. The fourth-order valence-electron chi connectivity index (χ4n) is 1.63. The number of hydrogen-bond donors (Lipinski definition) is 1. The third-order valence-corrected chi connectivity index (χ3v) is 2.63. The minimum Gasteiger partial charge on any atom is -0.340 e. The summed E-state index contributed by atoms with van der Waals surface area (Å²) in [5, 5.41) is 11.4. The molecule has 1 rings (SSSR count). The topological polar surface area (TPSA) is 52.9 Å². The van der Waals surface area contributed by atoms with E-state index in [0.717, 1.165) is 12.8 Å². The van der Waals surface area contributed by atoms with Crippen molar-refractivity contribution in [2.45, 2.75) is 39.2 Å². The first-order valence-corrected chi connectivity index (χ1v) is 4.87. The first kappa shape index (κ1) is 10.0. The van der Waals surface area contributed by atoms with Gasteiger partial charge in [-0.3, -0.25) is 4.79 Å². The molecule has 0 aliphatic heterocycles. The van der Waals surface area contributed by atoms with Gasteiger partial charge in [0, 0.05) is 5.92 Å². The number of carbonyl (C=O) groups excluding carboxylic acids is 1. The summed E-state index contributed by atoms with van der Waals surface area (Å²) in [5.74, 6) is 0.904. The van der Waals surface area contributed by atoms with Crippen LogP contribution >= 0.6 is 0 Å². The van der Waals surface area contributed by atoms with Gasteiger partial charge in [-0.15, -0.1) is 0 Å². The Morgan fingerprint density at radius 2 is 2.31 bits per heavy atom.